The summed E-state index contributed by atoms with van der Waals surface area (Å²) in [6, 6.07) is 0. The topological polar surface area (TPSA) is 64.4 Å². The Kier molecular flexibility index (Phi) is 2.91. The van der Waals surface area contributed by atoms with E-state index in [2.05, 4.69) is 16.8 Å². The lowest BCUT2D eigenvalue weighted by atomic mass is 10.1. The van der Waals surface area contributed by atoms with E-state index in [-0.39, 0.29) is 0 Å². The van der Waals surface area contributed by atoms with E-state index in [0.29, 0.717) is 5.84 Å². The highest BCUT2D eigenvalue weighted by atomic mass is 14.8. The lowest BCUT2D eigenvalue weighted by Crippen LogP contribution is -2.30. The highest BCUT2D eigenvalue weighted by molar-refractivity contribution is 5.97. The van der Waals surface area contributed by atoms with Gasteiger partial charge in [-0.3, -0.25) is 4.99 Å². The molecule has 0 bridgehead atoms. The molecule has 0 aromatic rings. The highest BCUT2D eigenvalue weighted by Crippen LogP contribution is 1.90. The van der Waals surface area contributed by atoms with Crippen molar-refractivity contribution in [2.24, 2.45) is 16.5 Å². The maximum absolute atomic E-state index is 5.55. The Morgan fingerprint density at radius 3 is 2.30 bits per heavy atom. The fourth-order valence-corrected chi connectivity index (χ4v) is 0.281. The van der Waals surface area contributed by atoms with Crippen molar-refractivity contribution in [3.05, 3.63) is 0 Å². The Labute approximate surface area is 61.5 Å². The number of aliphatic imine (C=N–C) groups is 1. The van der Waals surface area contributed by atoms with Gasteiger partial charge in [-0.25, -0.2) is 0 Å². The number of rotatable bonds is 0. The zero-order valence-corrected chi connectivity index (χ0v) is 6.60. The van der Waals surface area contributed by atoms with Crippen molar-refractivity contribution >= 4 is 5.84 Å². The van der Waals surface area contributed by atoms with E-state index in [1.165, 1.54) is 0 Å². The molecule has 0 aliphatic rings. The molecular weight excluding hydrogens is 126 g/mol. The first-order valence-corrected chi connectivity index (χ1v) is 3.00. The van der Waals surface area contributed by atoms with Gasteiger partial charge >= 0.3 is 0 Å². The van der Waals surface area contributed by atoms with Crippen LogP contribution in [0.2, 0.25) is 0 Å². The zero-order valence-electron chi connectivity index (χ0n) is 6.60. The van der Waals surface area contributed by atoms with Gasteiger partial charge in [-0.1, -0.05) is 5.92 Å². The molecule has 4 N–H and O–H groups in total. The van der Waals surface area contributed by atoms with Crippen LogP contribution in [0.25, 0.3) is 0 Å². The second-order valence-corrected chi connectivity index (χ2v) is 2.58. The first-order chi connectivity index (χ1) is 4.45. The van der Waals surface area contributed by atoms with Gasteiger partial charge < -0.3 is 11.5 Å². The van der Waals surface area contributed by atoms with E-state index in [0.717, 1.165) is 0 Å². The van der Waals surface area contributed by atoms with Crippen molar-refractivity contribution in [1.29, 1.82) is 0 Å². The molecule has 0 rings (SSSR count). The van der Waals surface area contributed by atoms with E-state index in [1.54, 1.807) is 7.05 Å². The summed E-state index contributed by atoms with van der Waals surface area (Å²) < 4.78 is 0. The number of nitrogens with two attached hydrogens (primary N) is 2. The van der Waals surface area contributed by atoms with Crippen LogP contribution >= 0.6 is 0 Å². The normalized spacial score (nSPS) is 12.2. The Morgan fingerprint density at radius 1 is 1.50 bits per heavy atom. The van der Waals surface area contributed by atoms with Crippen molar-refractivity contribution in [2.75, 3.05) is 7.05 Å². The molecule has 0 unspecified atom stereocenters. The molecule has 0 radical (unpaired) electrons. The standard InChI is InChI=1S/C7H13N3/c1-7(2,9)5-4-6(8)10-3/h9H2,1-3H3,(H2,8,10). The van der Waals surface area contributed by atoms with Crippen LogP contribution in [0, 0.1) is 11.8 Å². The molecule has 0 amide bonds. The summed E-state index contributed by atoms with van der Waals surface area (Å²) in [4.78, 5) is 3.66. The Hall–Kier alpha value is -1.01. The number of hydrogen-bond acceptors (Lipinski definition) is 2. The van der Waals surface area contributed by atoms with E-state index in [1.807, 2.05) is 13.8 Å². The molecule has 0 spiro atoms. The third kappa shape index (κ3) is 5.13. The maximum Gasteiger partial charge on any atom is 0.171 e. The monoisotopic (exact) mass is 139 g/mol. The molecule has 0 atom stereocenters. The SMILES string of the molecule is CN=C(N)C#CC(C)(C)N. The lowest BCUT2D eigenvalue weighted by molar-refractivity contribution is 0.681. The van der Waals surface area contributed by atoms with Crippen molar-refractivity contribution in [1.82, 2.24) is 0 Å². The van der Waals surface area contributed by atoms with Gasteiger partial charge in [0.2, 0.25) is 0 Å². The predicted molar refractivity (Wildman–Crippen MR) is 43.6 cm³/mol. The molecule has 3 heteroatoms. The molecule has 0 aromatic heterocycles. The van der Waals surface area contributed by atoms with Gasteiger partial charge in [0.25, 0.3) is 0 Å². The molecule has 56 valence electrons. The van der Waals surface area contributed by atoms with Crippen LogP contribution in [0.15, 0.2) is 4.99 Å². The van der Waals surface area contributed by atoms with Gasteiger partial charge in [0.15, 0.2) is 5.84 Å². The smallest absolute Gasteiger partial charge is 0.171 e. The summed E-state index contributed by atoms with van der Waals surface area (Å²) in [6.07, 6.45) is 0. The first-order valence-electron chi connectivity index (χ1n) is 3.00. The summed E-state index contributed by atoms with van der Waals surface area (Å²) >= 11 is 0. The molecule has 10 heavy (non-hydrogen) atoms. The lowest BCUT2D eigenvalue weighted by Gasteiger charge is -2.06. The summed E-state index contributed by atoms with van der Waals surface area (Å²) in [6.45, 7) is 3.62. The van der Waals surface area contributed by atoms with Crippen molar-refractivity contribution < 1.29 is 0 Å². The average Bonchev–Trinajstić information content (AvgIpc) is 1.81. The molecule has 3 nitrogen and oxygen atoms in total. The van der Waals surface area contributed by atoms with Crippen LogP contribution < -0.4 is 11.5 Å². The van der Waals surface area contributed by atoms with Gasteiger partial charge in [-0.2, -0.15) is 0 Å². The van der Waals surface area contributed by atoms with Crippen LogP contribution in [-0.2, 0) is 0 Å². The molecule has 0 aliphatic heterocycles. The first kappa shape index (κ1) is 8.99. The third-order valence-corrected chi connectivity index (χ3v) is 0.754. The number of amidine groups is 1. The Bertz CT molecular complexity index is 187. The molecule has 0 aliphatic carbocycles. The quantitative estimate of drug-likeness (QED) is 0.275. The Balaban J connectivity index is 4.19. The van der Waals surface area contributed by atoms with Crippen LogP contribution in [-0.4, -0.2) is 18.4 Å². The van der Waals surface area contributed by atoms with Crippen LogP contribution in [0.5, 0.6) is 0 Å². The Morgan fingerprint density at radius 2 is 2.00 bits per heavy atom. The van der Waals surface area contributed by atoms with Gasteiger partial charge in [0, 0.05) is 7.05 Å². The van der Waals surface area contributed by atoms with E-state index in [9.17, 15) is 0 Å². The van der Waals surface area contributed by atoms with Gasteiger partial charge in [0.1, 0.15) is 0 Å². The molecular formula is C7H13N3. The highest BCUT2D eigenvalue weighted by Gasteiger charge is 2.03. The van der Waals surface area contributed by atoms with Crippen LogP contribution in [0.4, 0.5) is 0 Å². The van der Waals surface area contributed by atoms with Gasteiger partial charge in [-0.05, 0) is 19.8 Å². The second-order valence-electron chi connectivity index (χ2n) is 2.58. The molecule has 0 saturated heterocycles. The largest absolute Gasteiger partial charge is 0.377 e. The van der Waals surface area contributed by atoms with Crippen LogP contribution in [0.1, 0.15) is 13.8 Å². The average molecular weight is 139 g/mol. The molecule has 0 saturated carbocycles. The minimum absolute atomic E-state index is 0.318. The van der Waals surface area contributed by atoms with E-state index >= 15 is 0 Å². The van der Waals surface area contributed by atoms with Gasteiger partial charge in [-0.15, -0.1) is 0 Å². The molecule has 0 aromatic carbocycles. The zero-order chi connectivity index (χ0) is 8.20. The third-order valence-electron chi connectivity index (χ3n) is 0.754. The van der Waals surface area contributed by atoms with Crippen molar-refractivity contribution in [3.8, 4) is 11.8 Å². The fraction of sp³-hybridized carbons (Fsp3) is 0.571. The second kappa shape index (κ2) is 3.23. The summed E-state index contributed by atoms with van der Waals surface area (Å²) in [5, 5.41) is 0. The fourth-order valence-electron chi connectivity index (χ4n) is 0.281. The maximum atomic E-state index is 5.55. The summed E-state index contributed by atoms with van der Waals surface area (Å²) in [5.74, 6) is 5.69. The van der Waals surface area contributed by atoms with Crippen LogP contribution in [0.3, 0.4) is 0 Å². The van der Waals surface area contributed by atoms with E-state index < -0.39 is 5.54 Å². The minimum Gasteiger partial charge on any atom is -0.377 e. The van der Waals surface area contributed by atoms with Crippen molar-refractivity contribution in [3.63, 3.8) is 0 Å². The molecule has 0 fully saturated rings. The number of nitrogens with zero attached hydrogens (tertiary/aromatic N) is 1. The minimum atomic E-state index is -0.491. The summed E-state index contributed by atoms with van der Waals surface area (Å²) in [5.41, 5.74) is 10.4. The predicted octanol–water partition coefficient (Wildman–Crippen LogP) is -0.286. The van der Waals surface area contributed by atoms with E-state index in [4.69, 9.17) is 11.5 Å². The number of hydrogen-bond donors (Lipinski definition) is 2. The molecule has 0 heterocycles. The van der Waals surface area contributed by atoms with Crippen molar-refractivity contribution in [2.45, 2.75) is 19.4 Å². The summed E-state index contributed by atoms with van der Waals surface area (Å²) in [7, 11) is 1.59. The van der Waals surface area contributed by atoms with Gasteiger partial charge in [0.05, 0.1) is 5.54 Å².